The lowest BCUT2D eigenvalue weighted by atomic mass is 9.95. The number of piperidine rings is 1. The first-order valence-corrected chi connectivity index (χ1v) is 5.98. The van der Waals surface area contributed by atoms with Crippen molar-refractivity contribution in [2.45, 2.75) is 19.4 Å². The van der Waals surface area contributed by atoms with E-state index in [4.69, 9.17) is 0 Å². The smallest absolute Gasteiger partial charge is 0.257 e. The van der Waals surface area contributed by atoms with Crippen LogP contribution in [0.3, 0.4) is 0 Å². The van der Waals surface area contributed by atoms with Gasteiger partial charge in [-0.05, 0) is 30.5 Å². The van der Waals surface area contributed by atoms with Crippen molar-refractivity contribution in [3.05, 3.63) is 23.8 Å². The number of aliphatic hydroxyl groups excluding tert-OH is 1. The average molecular weight is 251 g/mol. The Kier molecular flexibility index (Phi) is 3.43. The van der Waals surface area contributed by atoms with Crippen LogP contribution in [0.15, 0.2) is 18.2 Å². The van der Waals surface area contributed by atoms with Crippen LogP contribution in [0.4, 0.5) is 0 Å². The second-order valence-corrected chi connectivity index (χ2v) is 4.79. The van der Waals surface area contributed by atoms with Crippen molar-refractivity contribution in [2.75, 3.05) is 13.1 Å². The zero-order valence-electron chi connectivity index (χ0n) is 10.2. The summed E-state index contributed by atoms with van der Waals surface area (Å²) in [6.45, 7) is 2.75. The van der Waals surface area contributed by atoms with Crippen LogP contribution in [0.25, 0.3) is 0 Å². The van der Waals surface area contributed by atoms with Crippen LogP contribution in [-0.2, 0) is 0 Å². The largest absolute Gasteiger partial charge is 0.508 e. The fourth-order valence-electron chi connectivity index (χ4n) is 2.10. The molecule has 1 aromatic carbocycles. The molecule has 0 saturated carbocycles. The molecule has 2 rings (SSSR count). The van der Waals surface area contributed by atoms with Gasteiger partial charge in [-0.2, -0.15) is 0 Å². The normalized spacial score (nSPS) is 24.0. The second kappa shape index (κ2) is 4.86. The van der Waals surface area contributed by atoms with E-state index in [9.17, 15) is 20.1 Å². The lowest BCUT2D eigenvalue weighted by molar-refractivity contribution is 0.0247. The van der Waals surface area contributed by atoms with Gasteiger partial charge in [-0.1, -0.05) is 6.92 Å². The third kappa shape index (κ3) is 2.41. The van der Waals surface area contributed by atoms with Gasteiger partial charge in [0.25, 0.3) is 5.91 Å². The Morgan fingerprint density at radius 2 is 2.11 bits per heavy atom. The summed E-state index contributed by atoms with van der Waals surface area (Å²) in [5, 5.41) is 28.7. The van der Waals surface area contributed by atoms with Crippen molar-refractivity contribution in [3.63, 3.8) is 0 Å². The van der Waals surface area contributed by atoms with Gasteiger partial charge in [0, 0.05) is 13.1 Å². The number of hydrogen-bond donors (Lipinski definition) is 3. The highest BCUT2D eigenvalue weighted by molar-refractivity contribution is 5.97. The number of amides is 1. The molecule has 1 aromatic rings. The number of phenols is 2. The minimum atomic E-state index is -0.540. The number of phenolic OH excluding ortho intramolecular Hbond substituents is 2. The maximum absolute atomic E-state index is 12.2. The number of carbonyl (C=O) groups excluding carboxylic acids is 1. The Balaban J connectivity index is 2.19. The molecular weight excluding hydrogens is 234 g/mol. The van der Waals surface area contributed by atoms with Gasteiger partial charge in [-0.3, -0.25) is 4.79 Å². The molecular formula is C13H17NO4. The highest BCUT2D eigenvalue weighted by Gasteiger charge is 2.29. The van der Waals surface area contributed by atoms with Gasteiger partial charge in [0.2, 0.25) is 0 Å². The third-order valence-corrected chi connectivity index (χ3v) is 3.42. The first-order valence-electron chi connectivity index (χ1n) is 5.98. The number of likely N-dealkylation sites (tertiary alicyclic amines) is 1. The monoisotopic (exact) mass is 251 g/mol. The molecule has 0 bridgehead atoms. The molecule has 1 saturated heterocycles. The summed E-state index contributed by atoms with van der Waals surface area (Å²) in [6, 6.07) is 3.84. The molecule has 5 nitrogen and oxygen atoms in total. The number of hydrogen-bond acceptors (Lipinski definition) is 4. The summed E-state index contributed by atoms with van der Waals surface area (Å²) in [4.78, 5) is 13.7. The van der Waals surface area contributed by atoms with Crippen molar-refractivity contribution in [1.82, 2.24) is 4.90 Å². The van der Waals surface area contributed by atoms with Crippen LogP contribution in [0.1, 0.15) is 23.7 Å². The lowest BCUT2D eigenvalue weighted by Gasteiger charge is -2.34. The van der Waals surface area contributed by atoms with Crippen molar-refractivity contribution in [1.29, 1.82) is 0 Å². The Morgan fingerprint density at radius 3 is 2.78 bits per heavy atom. The summed E-state index contributed by atoms with van der Waals surface area (Å²) in [5.74, 6) is -0.422. The first-order chi connectivity index (χ1) is 8.49. The van der Waals surface area contributed by atoms with Gasteiger partial charge in [0.05, 0.1) is 11.7 Å². The quantitative estimate of drug-likeness (QED) is 0.649. The molecule has 0 aromatic heterocycles. The zero-order chi connectivity index (χ0) is 13.3. The second-order valence-electron chi connectivity index (χ2n) is 4.79. The maximum Gasteiger partial charge on any atom is 0.257 e. The Labute approximate surface area is 105 Å². The van der Waals surface area contributed by atoms with E-state index < -0.39 is 6.10 Å². The van der Waals surface area contributed by atoms with Crippen molar-refractivity contribution < 1.29 is 20.1 Å². The van der Waals surface area contributed by atoms with Gasteiger partial charge in [0.15, 0.2) is 0 Å². The highest BCUT2D eigenvalue weighted by Crippen LogP contribution is 2.25. The van der Waals surface area contributed by atoms with E-state index in [1.54, 1.807) is 0 Å². The number of β-amino-alcohol motifs (C(OH)–C–C–N with tert-alkyl or cyclic N) is 1. The first kappa shape index (κ1) is 12.7. The number of benzene rings is 1. The molecule has 1 fully saturated rings. The SMILES string of the molecule is CC1CCN(C(=O)c2cc(O)ccc2O)CC1O. The summed E-state index contributed by atoms with van der Waals surface area (Å²) in [7, 11) is 0. The number of rotatable bonds is 1. The van der Waals surface area contributed by atoms with E-state index in [-0.39, 0.29) is 35.4 Å². The van der Waals surface area contributed by atoms with E-state index in [1.165, 1.54) is 23.1 Å². The molecule has 1 aliphatic rings. The molecule has 2 unspecified atom stereocenters. The summed E-state index contributed by atoms with van der Waals surface area (Å²) in [5.41, 5.74) is 0.0664. The van der Waals surface area contributed by atoms with Gasteiger partial charge in [-0.25, -0.2) is 0 Å². The average Bonchev–Trinajstić information content (AvgIpc) is 2.35. The van der Waals surface area contributed by atoms with Crippen LogP contribution < -0.4 is 0 Å². The minimum absolute atomic E-state index is 0.0664. The molecule has 0 aliphatic carbocycles. The van der Waals surface area contributed by atoms with Crippen LogP contribution in [0.5, 0.6) is 11.5 Å². The summed E-state index contributed by atoms with van der Waals surface area (Å²) in [6.07, 6.45) is 0.189. The van der Waals surface area contributed by atoms with Crippen LogP contribution in [0, 0.1) is 5.92 Å². The van der Waals surface area contributed by atoms with Crippen LogP contribution in [0.2, 0.25) is 0 Å². The van der Waals surface area contributed by atoms with E-state index in [1.807, 2.05) is 6.92 Å². The zero-order valence-corrected chi connectivity index (χ0v) is 10.2. The summed E-state index contributed by atoms with van der Waals surface area (Å²) >= 11 is 0. The molecule has 98 valence electrons. The van der Waals surface area contributed by atoms with Gasteiger partial charge < -0.3 is 20.2 Å². The molecule has 0 spiro atoms. The van der Waals surface area contributed by atoms with Crippen molar-refractivity contribution in [2.24, 2.45) is 5.92 Å². The predicted octanol–water partition coefficient (Wildman–Crippen LogP) is 0.941. The van der Waals surface area contributed by atoms with E-state index >= 15 is 0 Å². The Hall–Kier alpha value is -1.75. The van der Waals surface area contributed by atoms with Gasteiger partial charge in [-0.15, -0.1) is 0 Å². The van der Waals surface area contributed by atoms with E-state index in [0.717, 1.165) is 6.42 Å². The van der Waals surface area contributed by atoms with E-state index in [0.29, 0.717) is 6.54 Å². The molecule has 0 radical (unpaired) electrons. The highest BCUT2D eigenvalue weighted by atomic mass is 16.3. The molecule has 5 heteroatoms. The van der Waals surface area contributed by atoms with Crippen LogP contribution >= 0.6 is 0 Å². The number of carbonyl (C=O) groups is 1. The molecule has 1 heterocycles. The van der Waals surface area contributed by atoms with Crippen LogP contribution in [-0.4, -0.2) is 45.3 Å². The minimum Gasteiger partial charge on any atom is -0.508 e. The molecule has 18 heavy (non-hydrogen) atoms. The van der Waals surface area contributed by atoms with Gasteiger partial charge >= 0.3 is 0 Å². The fourth-order valence-corrected chi connectivity index (χ4v) is 2.10. The number of nitrogens with zero attached hydrogens (tertiary/aromatic N) is 1. The fraction of sp³-hybridized carbons (Fsp3) is 0.462. The molecule has 1 aliphatic heterocycles. The van der Waals surface area contributed by atoms with Gasteiger partial charge in [0.1, 0.15) is 11.5 Å². The van der Waals surface area contributed by atoms with Crippen molar-refractivity contribution >= 4 is 5.91 Å². The molecule has 2 atom stereocenters. The van der Waals surface area contributed by atoms with Crippen molar-refractivity contribution in [3.8, 4) is 11.5 Å². The Morgan fingerprint density at radius 1 is 1.39 bits per heavy atom. The number of aromatic hydroxyl groups is 2. The Bertz CT molecular complexity index is 460. The standard InChI is InChI=1S/C13H17NO4/c1-8-4-5-14(7-12(8)17)13(18)10-6-9(15)2-3-11(10)16/h2-3,6,8,12,15-17H,4-5,7H2,1H3. The summed E-state index contributed by atoms with van der Waals surface area (Å²) < 4.78 is 0. The maximum atomic E-state index is 12.2. The molecule has 3 N–H and O–H groups in total. The lowest BCUT2D eigenvalue weighted by Crippen LogP contribution is -2.45. The third-order valence-electron chi connectivity index (χ3n) is 3.42. The predicted molar refractivity (Wildman–Crippen MR) is 65.5 cm³/mol. The van der Waals surface area contributed by atoms with E-state index in [2.05, 4.69) is 0 Å². The number of aliphatic hydroxyl groups is 1. The molecule has 1 amide bonds. The topological polar surface area (TPSA) is 81.0 Å².